The van der Waals surface area contributed by atoms with Crippen molar-refractivity contribution in [2.24, 2.45) is 0 Å². The second kappa shape index (κ2) is 12.1. The lowest BCUT2D eigenvalue weighted by Crippen LogP contribution is -2.04. The molecule has 0 aliphatic rings. The van der Waals surface area contributed by atoms with Crippen LogP contribution in [0.3, 0.4) is 0 Å². The predicted molar refractivity (Wildman–Crippen MR) is 248 cm³/mol. The molecule has 0 bridgehead atoms. The van der Waals surface area contributed by atoms with Crippen molar-refractivity contribution in [2.75, 3.05) is 0 Å². The van der Waals surface area contributed by atoms with Crippen LogP contribution in [0.15, 0.2) is 188 Å². The van der Waals surface area contributed by atoms with Gasteiger partial charge in [-0.25, -0.2) is 9.97 Å². The van der Waals surface area contributed by atoms with E-state index in [4.69, 9.17) is 9.97 Å². The Labute approximate surface area is 336 Å². The SMILES string of the molecule is c1ccc2cc(-c3nc(-n4c5ccccc5c5c6c7ccccc7c(-c7cccc8c7sc7ccccc78)cc6c6ccccc6c54)nc4ccccc34)ccc2c1. The Morgan fingerprint density at radius 3 is 1.95 bits per heavy atom. The molecule has 0 atom stereocenters. The van der Waals surface area contributed by atoms with Crippen molar-refractivity contribution < 1.29 is 0 Å². The van der Waals surface area contributed by atoms with Crippen LogP contribution in [0.5, 0.6) is 0 Å². The van der Waals surface area contributed by atoms with Crippen LogP contribution in [0.25, 0.3) is 124 Å². The topological polar surface area (TPSA) is 30.7 Å². The average molecular weight is 754 g/mol. The molecule has 58 heavy (non-hydrogen) atoms. The molecule has 0 saturated carbocycles. The highest BCUT2D eigenvalue weighted by molar-refractivity contribution is 7.26. The van der Waals surface area contributed by atoms with Crippen LogP contribution >= 0.6 is 11.3 Å². The van der Waals surface area contributed by atoms with Gasteiger partial charge in [-0.1, -0.05) is 158 Å². The van der Waals surface area contributed by atoms with E-state index in [0.717, 1.165) is 33.2 Å². The summed E-state index contributed by atoms with van der Waals surface area (Å²) in [5.41, 5.74) is 7.64. The third-order valence-electron chi connectivity index (χ3n) is 12.2. The molecule has 268 valence electrons. The smallest absolute Gasteiger partial charge is 0.235 e. The van der Waals surface area contributed by atoms with Gasteiger partial charge >= 0.3 is 0 Å². The van der Waals surface area contributed by atoms with E-state index in [1.54, 1.807) is 0 Å². The Balaban J connectivity index is 1.18. The number of fused-ring (bicyclic) bond motifs is 15. The highest BCUT2D eigenvalue weighted by atomic mass is 32.1. The Hall–Kier alpha value is -7.40. The zero-order valence-corrected chi connectivity index (χ0v) is 32.0. The van der Waals surface area contributed by atoms with E-state index in [1.165, 1.54) is 85.2 Å². The molecule has 3 aromatic heterocycles. The highest BCUT2D eigenvalue weighted by Gasteiger charge is 2.24. The summed E-state index contributed by atoms with van der Waals surface area (Å²) < 4.78 is 4.96. The van der Waals surface area contributed by atoms with E-state index >= 15 is 0 Å². The standard InChI is InChI=1S/C54H31N3S/c1-2-15-33-30-34(29-28-32(33)14-1)51-42-21-7-10-25-46(42)55-54(56-51)57-47-26-11-8-22-43(47)50-49-38-19-5-3-16-35(38)44(31-45(49)36-17-4-6-20-39(36)52(50)57)41-24-13-23-40-37-18-9-12-27-48(37)58-53(40)41/h1-31H. The minimum absolute atomic E-state index is 0.662. The summed E-state index contributed by atoms with van der Waals surface area (Å²) in [6.07, 6.45) is 0. The predicted octanol–water partition coefficient (Wildman–Crippen LogP) is 15.0. The van der Waals surface area contributed by atoms with Crippen LogP contribution in [-0.4, -0.2) is 14.5 Å². The maximum Gasteiger partial charge on any atom is 0.235 e. The molecule has 0 saturated heterocycles. The van der Waals surface area contributed by atoms with Crippen LogP contribution in [0.2, 0.25) is 0 Å². The fourth-order valence-electron chi connectivity index (χ4n) is 9.64. The van der Waals surface area contributed by atoms with Crippen molar-refractivity contribution in [2.45, 2.75) is 0 Å². The minimum atomic E-state index is 0.662. The van der Waals surface area contributed by atoms with Crippen LogP contribution in [0, 0.1) is 0 Å². The molecule has 0 unspecified atom stereocenters. The van der Waals surface area contributed by atoms with Crippen LogP contribution in [0.4, 0.5) is 0 Å². The van der Waals surface area contributed by atoms with Crippen LogP contribution in [0.1, 0.15) is 0 Å². The number of rotatable bonds is 3. The zero-order chi connectivity index (χ0) is 37.9. The fraction of sp³-hybridized carbons (Fsp3) is 0. The first-order valence-electron chi connectivity index (χ1n) is 19.7. The largest absolute Gasteiger partial charge is 0.277 e. The fourth-order valence-corrected chi connectivity index (χ4v) is 10.9. The molecule has 13 aromatic rings. The first-order chi connectivity index (χ1) is 28.8. The maximum atomic E-state index is 5.52. The van der Waals surface area contributed by atoms with Gasteiger partial charge in [-0.2, -0.15) is 0 Å². The van der Waals surface area contributed by atoms with Gasteiger partial charge < -0.3 is 0 Å². The lowest BCUT2D eigenvalue weighted by molar-refractivity contribution is 1.02. The van der Waals surface area contributed by atoms with Crippen molar-refractivity contribution in [3.8, 4) is 28.3 Å². The van der Waals surface area contributed by atoms with Gasteiger partial charge in [-0.3, -0.25) is 4.57 Å². The van der Waals surface area contributed by atoms with Crippen molar-refractivity contribution in [1.82, 2.24) is 14.5 Å². The molecule has 0 radical (unpaired) electrons. The Morgan fingerprint density at radius 2 is 1.07 bits per heavy atom. The van der Waals surface area contributed by atoms with Gasteiger partial charge in [0.25, 0.3) is 0 Å². The number of nitrogens with zero attached hydrogens (tertiary/aromatic N) is 3. The second-order valence-electron chi connectivity index (χ2n) is 15.2. The summed E-state index contributed by atoms with van der Waals surface area (Å²) in [5.74, 6) is 0.662. The van der Waals surface area contributed by atoms with E-state index in [9.17, 15) is 0 Å². The normalized spacial score (nSPS) is 12.1. The lowest BCUT2D eigenvalue weighted by atomic mass is 9.88. The second-order valence-corrected chi connectivity index (χ2v) is 16.3. The molecule has 13 rings (SSSR count). The summed E-state index contributed by atoms with van der Waals surface area (Å²) in [4.78, 5) is 10.9. The third-order valence-corrected chi connectivity index (χ3v) is 13.4. The first kappa shape index (κ1) is 31.8. The Kier molecular flexibility index (Phi) is 6.60. The summed E-state index contributed by atoms with van der Waals surface area (Å²) in [6, 6.07) is 68.3. The molecule has 10 aromatic carbocycles. The molecule has 0 N–H and O–H groups in total. The lowest BCUT2D eigenvalue weighted by Gasteiger charge is -2.17. The third kappa shape index (κ3) is 4.43. The number of aromatic nitrogens is 3. The zero-order valence-electron chi connectivity index (χ0n) is 31.1. The van der Waals surface area contributed by atoms with Crippen molar-refractivity contribution >= 4 is 107 Å². The molecule has 0 amide bonds. The van der Waals surface area contributed by atoms with Crippen molar-refractivity contribution in [3.05, 3.63) is 188 Å². The number of thiophene rings is 1. The Morgan fingerprint density at radius 1 is 0.397 bits per heavy atom. The number of benzene rings is 10. The summed E-state index contributed by atoms with van der Waals surface area (Å²) >= 11 is 1.89. The van der Waals surface area contributed by atoms with E-state index in [1.807, 2.05) is 11.3 Å². The summed E-state index contributed by atoms with van der Waals surface area (Å²) in [5, 5.41) is 15.8. The molecular formula is C54H31N3S. The molecule has 0 fully saturated rings. The van der Waals surface area contributed by atoms with Crippen molar-refractivity contribution in [1.29, 1.82) is 0 Å². The van der Waals surface area contributed by atoms with E-state index in [0.29, 0.717) is 5.95 Å². The Bertz CT molecular complexity index is 3870. The number of para-hydroxylation sites is 2. The highest BCUT2D eigenvalue weighted by Crippen LogP contribution is 2.49. The van der Waals surface area contributed by atoms with Crippen molar-refractivity contribution in [3.63, 3.8) is 0 Å². The van der Waals surface area contributed by atoms with Gasteiger partial charge in [-0.15, -0.1) is 11.3 Å². The number of hydrogen-bond acceptors (Lipinski definition) is 3. The quantitative estimate of drug-likeness (QED) is 0.168. The van der Waals surface area contributed by atoms with Crippen LogP contribution in [-0.2, 0) is 0 Å². The van der Waals surface area contributed by atoms with Crippen LogP contribution < -0.4 is 0 Å². The number of hydrogen-bond donors (Lipinski definition) is 0. The monoisotopic (exact) mass is 753 g/mol. The van der Waals surface area contributed by atoms with Gasteiger partial charge in [0.1, 0.15) is 0 Å². The molecule has 4 heteroatoms. The first-order valence-corrected chi connectivity index (χ1v) is 20.6. The maximum absolute atomic E-state index is 5.52. The van der Waals surface area contributed by atoms with Gasteiger partial charge in [0.05, 0.1) is 22.2 Å². The molecule has 0 spiro atoms. The van der Waals surface area contributed by atoms with Gasteiger partial charge in [0.15, 0.2) is 0 Å². The van der Waals surface area contributed by atoms with Gasteiger partial charge in [-0.05, 0) is 68.2 Å². The summed E-state index contributed by atoms with van der Waals surface area (Å²) in [7, 11) is 0. The molecule has 0 aliphatic carbocycles. The molecule has 3 nitrogen and oxygen atoms in total. The minimum Gasteiger partial charge on any atom is -0.277 e. The summed E-state index contributed by atoms with van der Waals surface area (Å²) in [6.45, 7) is 0. The van der Waals surface area contributed by atoms with Gasteiger partial charge in [0, 0.05) is 58.2 Å². The van der Waals surface area contributed by atoms with Gasteiger partial charge in [0.2, 0.25) is 5.95 Å². The molecule has 0 aliphatic heterocycles. The molecule has 3 heterocycles. The van der Waals surface area contributed by atoms with E-state index in [2.05, 4.69) is 193 Å². The van der Waals surface area contributed by atoms with E-state index < -0.39 is 0 Å². The van der Waals surface area contributed by atoms with E-state index in [-0.39, 0.29) is 0 Å². The average Bonchev–Trinajstić information content (AvgIpc) is 3.85. The molecular weight excluding hydrogens is 723 g/mol.